The molecule has 0 fully saturated rings. The zero-order chi connectivity index (χ0) is 8.72. The molecule has 0 saturated heterocycles. The molecule has 0 amide bonds. The van der Waals surface area contributed by atoms with Crippen molar-refractivity contribution < 1.29 is 0 Å². The fraction of sp³-hybridized carbons (Fsp3) is 0.222. The van der Waals surface area contributed by atoms with Gasteiger partial charge in [0.25, 0.3) is 0 Å². The first-order chi connectivity index (χ1) is 5.72. The predicted molar refractivity (Wildman–Crippen MR) is 57.5 cm³/mol. The SMILES string of the molecule is Cc1cn2c(C=S)c(C)cc2s1. The average molecular weight is 195 g/mol. The van der Waals surface area contributed by atoms with Crippen molar-refractivity contribution in [3.63, 3.8) is 0 Å². The summed E-state index contributed by atoms with van der Waals surface area (Å²) in [6.07, 6.45) is 2.13. The molecule has 0 bridgehead atoms. The molecule has 0 atom stereocenters. The maximum atomic E-state index is 4.96. The first-order valence-corrected chi connectivity index (χ1v) is 5.04. The molecule has 3 heteroatoms. The normalized spacial score (nSPS) is 10.8. The Morgan fingerprint density at radius 1 is 1.50 bits per heavy atom. The highest BCUT2D eigenvalue weighted by Gasteiger charge is 2.05. The Morgan fingerprint density at radius 3 is 2.92 bits per heavy atom. The topological polar surface area (TPSA) is 4.41 Å². The zero-order valence-electron chi connectivity index (χ0n) is 7.00. The van der Waals surface area contributed by atoms with Crippen molar-refractivity contribution in [3.8, 4) is 0 Å². The fourth-order valence-corrected chi connectivity index (χ4v) is 2.64. The van der Waals surface area contributed by atoms with E-state index in [1.807, 2.05) is 0 Å². The minimum atomic E-state index is 1.14. The number of rotatable bonds is 1. The van der Waals surface area contributed by atoms with Crippen molar-refractivity contribution in [1.29, 1.82) is 0 Å². The van der Waals surface area contributed by atoms with Crippen LogP contribution in [-0.4, -0.2) is 9.77 Å². The molecule has 0 aromatic carbocycles. The molecule has 2 rings (SSSR count). The minimum absolute atomic E-state index is 1.14. The highest BCUT2D eigenvalue weighted by atomic mass is 32.1. The second-order valence-electron chi connectivity index (χ2n) is 2.88. The first kappa shape index (κ1) is 7.95. The Hall–Kier alpha value is -0.670. The monoisotopic (exact) mass is 195 g/mol. The molecule has 0 unspecified atom stereocenters. The zero-order valence-corrected chi connectivity index (χ0v) is 8.63. The molecule has 62 valence electrons. The minimum Gasteiger partial charge on any atom is -0.307 e. The van der Waals surface area contributed by atoms with Gasteiger partial charge in [-0.25, -0.2) is 0 Å². The number of fused-ring (bicyclic) bond motifs is 1. The van der Waals surface area contributed by atoms with Gasteiger partial charge in [-0.3, -0.25) is 0 Å². The van der Waals surface area contributed by atoms with Gasteiger partial charge in [0.15, 0.2) is 0 Å². The molecular weight excluding hydrogens is 186 g/mol. The largest absolute Gasteiger partial charge is 0.307 e. The summed E-state index contributed by atoms with van der Waals surface area (Å²) in [7, 11) is 0. The van der Waals surface area contributed by atoms with Gasteiger partial charge in [-0.15, -0.1) is 11.3 Å². The maximum absolute atomic E-state index is 4.96. The van der Waals surface area contributed by atoms with Crippen LogP contribution in [0.1, 0.15) is 16.1 Å². The summed E-state index contributed by atoms with van der Waals surface area (Å²) in [6.45, 7) is 4.20. The quantitative estimate of drug-likeness (QED) is 0.633. The Labute approximate surface area is 80.6 Å². The van der Waals surface area contributed by atoms with Crippen LogP contribution in [0.3, 0.4) is 0 Å². The molecule has 2 aromatic rings. The van der Waals surface area contributed by atoms with Crippen LogP contribution in [0.2, 0.25) is 0 Å². The van der Waals surface area contributed by atoms with Crippen LogP contribution in [0.4, 0.5) is 0 Å². The smallest absolute Gasteiger partial charge is 0.100 e. The summed E-state index contributed by atoms with van der Waals surface area (Å²) >= 11 is 6.75. The van der Waals surface area contributed by atoms with Crippen LogP contribution in [-0.2, 0) is 0 Å². The number of nitrogens with zero attached hydrogens (tertiary/aromatic N) is 1. The van der Waals surface area contributed by atoms with E-state index in [-0.39, 0.29) is 0 Å². The van der Waals surface area contributed by atoms with E-state index in [9.17, 15) is 0 Å². The number of hydrogen-bond acceptors (Lipinski definition) is 2. The van der Waals surface area contributed by atoms with E-state index in [0.29, 0.717) is 0 Å². The number of thiazole rings is 1. The van der Waals surface area contributed by atoms with Crippen molar-refractivity contribution in [1.82, 2.24) is 4.40 Å². The third-order valence-electron chi connectivity index (χ3n) is 1.93. The predicted octanol–water partition coefficient (Wildman–Crippen LogP) is 2.97. The van der Waals surface area contributed by atoms with Crippen LogP contribution >= 0.6 is 23.6 Å². The van der Waals surface area contributed by atoms with E-state index < -0.39 is 0 Å². The maximum Gasteiger partial charge on any atom is 0.100 e. The van der Waals surface area contributed by atoms with Gasteiger partial charge in [0.05, 0.1) is 5.69 Å². The average Bonchev–Trinajstić information content (AvgIpc) is 2.43. The van der Waals surface area contributed by atoms with Crippen LogP contribution in [0.5, 0.6) is 0 Å². The lowest BCUT2D eigenvalue weighted by molar-refractivity contribution is 1.19. The van der Waals surface area contributed by atoms with Gasteiger partial charge in [-0.05, 0) is 25.5 Å². The van der Waals surface area contributed by atoms with Crippen LogP contribution in [0, 0.1) is 13.8 Å². The van der Waals surface area contributed by atoms with E-state index in [0.717, 1.165) is 5.69 Å². The van der Waals surface area contributed by atoms with E-state index in [4.69, 9.17) is 12.2 Å². The Kier molecular flexibility index (Phi) is 1.77. The summed E-state index contributed by atoms with van der Waals surface area (Å²) in [5.41, 5.74) is 2.40. The van der Waals surface area contributed by atoms with Crippen molar-refractivity contribution >= 4 is 33.8 Å². The van der Waals surface area contributed by atoms with E-state index in [1.165, 1.54) is 15.3 Å². The summed E-state index contributed by atoms with van der Waals surface area (Å²) in [5, 5.41) is 1.74. The molecule has 1 nitrogen and oxygen atoms in total. The number of thiocarbonyl (C=S) groups is 1. The standard InChI is InChI=1S/C9H9NS2/c1-6-3-9-10(8(6)5-11)4-7(2)12-9/h3-5H,1-2H3. The Balaban J connectivity index is 2.86. The fourth-order valence-electron chi connectivity index (χ4n) is 1.37. The lowest BCUT2D eigenvalue weighted by Crippen LogP contribution is -1.87. The summed E-state index contributed by atoms with van der Waals surface area (Å²) < 4.78 is 2.16. The highest BCUT2D eigenvalue weighted by Crippen LogP contribution is 2.22. The third-order valence-corrected chi connectivity index (χ3v) is 3.10. The molecule has 0 aliphatic carbocycles. The number of aryl methyl sites for hydroxylation is 2. The number of hydrogen-bond donors (Lipinski definition) is 0. The van der Waals surface area contributed by atoms with Gasteiger partial charge in [-0.1, -0.05) is 12.2 Å². The van der Waals surface area contributed by atoms with Gasteiger partial charge in [0, 0.05) is 16.4 Å². The van der Waals surface area contributed by atoms with Gasteiger partial charge in [0.2, 0.25) is 0 Å². The second-order valence-corrected chi connectivity index (χ2v) is 4.38. The van der Waals surface area contributed by atoms with Crippen molar-refractivity contribution in [2.45, 2.75) is 13.8 Å². The molecule has 12 heavy (non-hydrogen) atoms. The summed E-state index contributed by atoms with van der Waals surface area (Å²) in [5.74, 6) is 0. The summed E-state index contributed by atoms with van der Waals surface area (Å²) in [4.78, 5) is 2.60. The van der Waals surface area contributed by atoms with E-state index in [2.05, 4.69) is 30.5 Å². The van der Waals surface area contributed by atoms with Crippen molar-refractivity contribution in [2.75, 3.05) is 0 Å². The van der Waals surface area contributed by atoms with Crippen molar-refractivity contribution in [3.05, 3.63) is 28.4 Å². The summed E-state index contributed by atoms with van der Waals surface area (Å²) in [6, 6.07) is 2.18. The first-order valence-electron chi connectivity index (χ1n) is 3.75. The van der Waals surface area contributed by atoms with Crippen LogP contribution in [0.25, 0.3) is 4.83 Å². The van der Waals surface area contributed by atoms with Crippen LogP contribution < -0.4 is 0 Å². The molecule has 0 spiro atoms. The third kappa shape index (κ3) is 1.01. The molecule has 2 aromatic heterocycles. The molecule has 0 N–H and O–H groups in total. The number of aromatic nitrogens is 1. The lowest BCUT2D eigenvalue weighted by atomic mass is 10.3. The Bertz CT molecular complexity index is 436. The van der Waals surface area contributed by atoms with Gasteiger partial charge < -0.3 is 4.40 Å². The van der Waals surface area contributed by atoms with Crippen molar-refractivity contribution in [2.24, 2.45) is 0 Å². The molecule has 0 aliphatic rings. The van der Waals surface area contributed by atoms with Gasteiger partial charge in [-0.2, -0.15) is 0 Å². The van der Waals surface area contributed by atoms with E-state index >= 15 is 0 Å². The molecule has 2 heterocycles. The van der Waals surface area contributed by atoms with E-state index in [1.54, 1.807) is 16.7 Å². The lowest BCUT2D eigenvalue weighted by Gasteiger charge is -1.90. The highest BCUT2D eigenvalue weighted by molar-refractivity contribution is 7.79. The van der Waals surface area contributed by atoms with Gasteiger partial charge in [0.1, 0.15) is 4.83 Å². The molecular formula is C9H9NS2. The van der Waals surface area contributed by atoms with Crippen LogP contribution in [0.15, 0.2) is 12.3 Å². The Morgan fingerprint density at radius 2 is 2.25 bits per heavy atom. The molecule has 0 saturated carbocycles. The second kappa shape index (κ2) is 2.68. The molecule has 0 radical (unpaired) electrons. The molecule has 0 aliphatic heterocycles. The van der Waals surface area contributed by atoms with Gasteiger partial charge >= 0.3 is 0 Å².